The van der Waals surface area contributed by atoms with Crippen molar-refractivity contribution in [2.75, 3.05) is 33.9 Å². The predicted molar refractivity (Wildman–Crippen MR) is 75.5 cm³/mol. The van der Waals surface area contributed by atoms with Gasteiger partial charge in [0.2, 0.25) is 0 Å². The summed E-state index contributed by atoms with van der Waals surface area (Å²) in [6.45, 7) is 1.56. The van der Waals surface area contributed by atoms with Crippen molar-refractivity contribution in [3.8, 4) is 5.75 Å². The molecule has 0 bridgehead atoms. The summed E-state index contributed by atoms with van der Waals surface area (Å²) in [6.07, 6.45) is 0. The molecule has 5 nitrogen and oxygen atoms in total. The summed E-state index contributed by atoms with van der Waals surface area (Å²) < 4.78 is 11.1. The molecule has 0 saturated heterocycles. The van der Waals surface area contributed by atoms with E-state index < -0.39 is 5.97 Å². The van der Waals surface area contributed by atoms with Crippen LogP contribution in [-0.4, -0.2) is 49.9 Å². The van der Waals surface area contributed by atoms with Crippen molar-refractivity contribution < 1.29 is 19.4 Å². The van der Waals surface area contributed by atoms with Gasteiger partial charge in [0.1, 0.15) is 5.75 Å². The Balaban J connectivity index is 2.78. The second kappa shape index (κ2) is 8.14. The Hall–Kier alpha value is -1.11. The van der Waals surface area contributed by atoms with Crippen LogP contribution in [0.25, 0.3) is 0 Å². The van der Waals surface area contributed by atoms with E-state index in [0.717, 1.165) is 15.8 Å². The molecule has 106 valence electrons. The molecule has 1 aromatic carbocycles. The molecule has 0 spiro atoms. The molecular formula is C13H18BrNO4. The summed E-state index contributed by atoms with van der Waals surface area (Å²) in [5.74, 6) is -0.102. The minimum Gasteiger partial charge on any atom is -0.497 e. The first-order valence-corrected chi connectivity index (χ1v) is 6.61. The van der Waals surface area contributed by atoms with Crippen LogP contribution in [0.5, 0.6) is 5.75 Å². The maximum absolute atomic E-state index is 10.9. The molecule has 0 aliphatic heterocycles. The third kappa shape index (κ3) is 5.59. The fraction of sp³-hybridized carbons (Fsp3) is 0.462. The normalized spacial score (nSPS) is 10.7. The van der Waals surface area contributed by atoms with Crippen LogP contribution < -0.4 is 4.74 Å². The molecule has 1 aromatic rings. The smallest absolute Gasteiger partial charge is 0.317 e. The van der Waals surface area contributed by atoms with Gasteiger partial charge < -0.3 is 14.6 Å². The minimum atomic E-state index is -0.852. The highest BCUT2D eigenvalue weighted by molar-refractivity contribution is 9.10. The van der Waals surface area contributed by atoms with Gasteiger partial charge in [-0.05, 0) is 23.8 Å². The maximum atomic E-state index is 10.9. The molecule has 0 saturated carbocycles. The van der Waals surface area contributed by atoms with E-state index in [-0.39, 0.29) is 6.54 Å². The standard InChI is InChI=1S/C13H18BrNO4/c1-18-6-5-15(9-13(16)17)8-10-7-11(19-2)3-4-12(10)14/h3-4,7H,5-6,8-9H2,1-2H3,(H,16,17). The Kier molecular flexibility index (Phi) is 6.83. The Morgan fingerprint density at radius 2 is 2.16 bits per heavy atom. The fourth-order valence-corrected chi connectivity index (χ4v) is 2.04. The quantitative estimate of drug-likeness (QED) is 0.789. The van der Waals surface area contributed by atoms with Crippen LogP contribution in [0.4, 0.5) is 0 Å². The van der Waals surface area contributed by atoms with Gasteiger partial charge in [-0.15, -0.1) is 0 Å². The molecule has 0 aliphatic carbocycles. The zero-order valence-electron chi connectivity index (χ0n) is 11.1. The predicted octanol–water partition coefficient (Wildman–Crippen LogP) is 1.99. The Morgan fingerprint density at radius 1 is 1.42 bits per heavy atom. The number of rotatable bonds is 8. The van der Waals surface area contributed by atoms with Crippen molar-refractivity contribution >= 4 is 21.9 Å². The van der Waals surface area contributed by atoms with Crippen LogP contribution in [0.1, 0.15) is 5.56 Å². The molecular weight excluding hydrogens is 314 g/mol. The van der Waals surface area contributed by atoms with E-state index >= 15 is 0 Å². The number of ether oxygens (including phenoxy) is 2. The number of hydrogen-bond acceptors (Lipinski definition) is 4. The van der Waals surface area contributed by atoms with Crippen LogP contribution in [0, 0.1) is 0 Å². The van der Waals surface area contributed by atoms with Gasteiger partial charge in [0.05, 0.1) is 20.3 Å². The maximum Gasteiger partial charge on any atom is 0.317 e. The molecule has 1 rings (SSSR count). The second-order valence-electron chi connectivity index (χ2n) is 4.05. The summed E-state index contributed by atoms with van der Waals surface area (Å²) in [5, 5.41) is 8.91. The molecule has 0 aliphatic rings. The first-order valence-electron chi connectivity index (χ1n) is 5.82. The van der Waals surface area contributed by atoms with Crippen LogP contribution in [-0.2, 0) is 16.1 Å². The van der Waals surface area contributed by atoms with Crippen LogP contribution in [0.3, 0.4) is 0 Å². The highest BCUT2D eigenvalue weighted by atomic mass is 79.9. The van der Waals surface area contributed by atoms with E-state index in [0.29, 0.717) is 19.7 Å². The van der Waals surface area contributed by atoms with Crippen LogP contribution in [0.15, 0.2) is 22.7 Å². The number of carboxylic acid groups (broad SMARTS) is 1. The number of aliphatic carboxylic acids is 1. The Labute approximate surface area is 121 Å². The molecule has 0 unspecified atom stereocenters. The molecule has 0 atom stereocenters. The van der Waals surface area contributed by atoms with Crippen molar-refractivity contribution in [3.63, 3.8) is 0 Å². The molecule has 19 heavy (non-hydrogen) atoms. The van der Waals surface area contributed by atoms with E-state index in [1.807, 2.05) is 23.1 Å². The highest BCUT2D eigenvalue weighted by Gasteiger charge is 2.12. The van der Waals surface area contributed by atoms with Gasteiger partial charge in [-0.3, -0.25) is 9.69 Å². The number of nitrogens with zero attached hydrogens (tertiary/aromatic N) is 1. The van der Waals surface area contributed by atoms with E-state index in [1.54, 1.807) is 14.2 Å². The monoisotopic (exact) mass is 331 g/mol. The van der Waals surface area contributed by atoms with Gasteiger partial charge in [-0.25, -0.2) is 0 Å². The van der Waals surface area contributed by atoms with Gasteiger partial charge >= 0.3 is 5.97 Å². The van der Waals surface area contributed by atoms with Crippen molar-refractivity contribution in [1.29, 1.82) is 0 Å². The molecule has 0 fully saturated rings. The first-order chi connectivity index (χ1) is 9.06. The van der Waals surface area contributed by atoms with Crippen LogP contribution in [0.2, 0.25) is 0 Å². The molecule has 0 radical (unpaired) electrons. The molecule has 0 heterocycles. The van der Waals surface area contributed by atoms with E-state index in [1.165, 1.54) is 0 Å². The van der Waals surface area contributed by atoms with Crippen molar-refractivity contribution in [1.82, 2.24) is 4.90 Å². The lowest BCUT2D eigenvalue weighted by molar-refractivity contribution is -0.138. The van der Waals surface area contributed by atoms with Gasteiger partial charge in [-0.1, -0.05) is 15.9 Å². The fourth-order valence-electron chi connectivity index (χ4n) is 1.67. The zero-order chi connectivity index (χ0) is 14.3. The van der Waals surface area contributed by atoms with Gasteiger partial charge in [0, 0.05) is 24.7 Å². The van der Waals surface area contributed by atoms with Crippen LogP contribution >= 0.6 is 15.9 Å². The van der Waals surface area contributed by atoms with E-state index in [9.17, 15) is 4.79 Å². The molecule has 1 N–H and O–H groups in total. The average molecular weight is 332 g/mol. The molecule has 6 heteroatoms. The topological polar surface area (TPSA) is 59.0 Å². The zero-order valence-corrected chi connectivity index (χ0v) is 12.6. The lowest BCUT2D eigenvalue weighted by Crippen LogP contribution is -2.32. The first kappa shape index (κ1) is 15.9. The summed E-state index contributed by atoms with van der Waals surface area (Å²) >= 11 is 3.46. The summed E-state index contributed by atoms with van der Waals surface area (Å²) in [7, 11) is 3.20. The third-order valence-corrected chi connectivity index (χ3v) is 3.39. The number of benzene rings is 1. The third-order valence-electron chi connectivity index (χ3n) is 2.62. The number of carbonyl (C=O) groups is 1. The number of hydrogen-bond donors (Lipinski definition) is 1. The van der Waals surface area contributed by atoms with E-state index in [4.69, 9.17) is 14.6 Å². The number of carboxylic acids is 1. The minimum absolute atomic E-state index is 0.0208. The number of halogens is 1. The lowest BCUT2D eigenvalue weighted by Gasteiger charge is -2.20. The highest BCUT2D eigenvalue weighted by Crippen LogP contribution is 2.23. The van der Waals surface area contributed by atoms with Gasteiger partial charge in [-0.2, -0.15) is 0 Å². The average Bonchev–Trinajstić information content (AvgIpc) is 2.37. The summed E-state index contributed by atoms with van der Waals surface area (Å²) in [5.41, 5.74) is 0.983. The summed E-state index contributed by atoms with van der Waals surface area (Å²) in [6, 6.07) is 5.64. The molecule has 0 amide bonds. The van der Waals surface area contributed by atoms with Gasteiger partial charge in [0.15, 0.2) is 0 Å². The van der Waals surface area contributed by atoms with Crippen molar-refractivity contribution in [2.45, 2.75) is 6.54 Å². The number of methoxy groups -OCH3 is 2. The van der Waals surface area contributed by atoms with Gasteiger partial charge in [0.25, 0.3) is 0 Å². The molecule has 0 aromatic heterocycles. The lowest BCUT2D eigenvalue weighted by atomic mass is 10.2. The van der Waals surface area contributed by atoms with E-state index in [2.05, 4.69) is 15.9 Å². The van der Waals surface area contributed by atoms with Crippen molar-refractivity contribution in [3.05, 3.63) is 28.2 Å². The SMILES string of the molecule is COCCN(CC(=O)O)Cc1cc(OC)ccc1Br. The Morgan fingerprint density at radius 3 is 2.74 bits per heavy atom. The second-order valence-corrected chi connectivity index (χ2v) is 4.91. The van der Waals surface area contributed by atoms with Crippen molar-refractivity contribution in [2.24, 2.45) is 0 Å². The largest absolute Gasteiger partial charge is 0.497 e. The summed E-state index contributed by atoms with van der Waals surface area (Å²) in [4.78, 5) is 12.7. The Bertz CT molecular complexity index is 425.